The van der Waals surface area contributed by atoms with Gasteiger partial charge in [-0.15, -0.1) is 11.3 Å². The highest BCUT2D eigenvalue weighted by molar-refractivity contribution is 7.17. The number of hydrogen-bond acceptors (Lipinski definition) is 3. The van der Waals surface area contributed by atoms with Gasteiger partial charge in [-0.2, -0.15) is 0 Å². The Morgan fingerprint density at radius 1 is 1.07 bits per heavy atom. The fourth-order valence-corrected chi connectivity index (χ4v) is 4.49. The van der Waals surface area contributed by atoms with Crippen molar-refractivity contribution in [2.24, 2.45) is 0 Å². The van der Waals surface area contributed by atoms with E-state index in [1.807, 2.05) is 24.3 Å². The highest BCUT2D eigenvalue weighted by Gasteiger charge is 2.16. The third kappa shape index (κ3) is 4.55. The Labute approximate surface area is 183 Å². The smallest absolute Gasteiger partial charge is 0.261 e. The van der Waals surface area contributed by atoms with Crippen molar-refractivity contribution in [3.05, 3.63) is 80.8 Å². The summed E-state index contributed by atoms with van der Waals surface area (Å²) in [6.07, 6.45) is 2.27. The number of carbonyl (C=O) groups is 1. The van der Waals surface area contributed by atoms with Gasteiger partial charge in [0.2, 0.25) is 0 Å². The predicted molar refractivity (Wildman–Crippen MR) is 120 cm³/mol. The molecule has 0 aliphatic carbocycles. The lowest BCUT2D eigenvalue weighted by atomic mass is 10.0. The lowest BCUT2D eigenvalue weighted by Gasteiger charge is -2.18. The lowest BCUT2D eigenvalue weighted by Crippen LogP contribution is -2.27. The topological polar surface area (TPSA) is 56.2 Å². The first-order valence-electron chi connectivity index (χ1n) is 9.77. The molecule has 30 heavy (non-hydrogen) atoms. The number of amides is 1. The molecule has 0 atom stereocenters. The van der Waals surface area contributed by atoms with E-state index in [0.717, 1.165) is 42.6 Å². The normalized spacial score (nSPS) is 13.5. The SMILES string of the molecule is N=C(c1ccc(-c2ccc(F)c(CNC(=O)c3ccc(Cl)s3)c2)cc1)N1CCCC1. The fourth-order valence-electron chi connectivity index (χ4n) is 3.53. The van der Waals surface area contributed by atoms with Crippen LogP contribution in [0.2, 0.25) is 4.34 Å². The van der Waals surface area contributed by atoms with Gasteiger partial charge in [0.1, 0.15) is 11.7 Å². The Bertz CT molecular complexity index is 1070. The molecule has 154 valence electrons. The van der Waals surface area contributed by atoms with Crippen LogP contribution in [0.1, 0.15) is 33.6 Å². The number of carbonyl (C=O) groups excluding carboxylic acids is 1. The van der Waals surface area contributed by atoms with E-state index >= 15 is 0 Å². The second-order valence-corrected chi connectivity index (χ2v) is 8.93. The Kier molecular flexibility index (Phi) is 6.16. The van der Waals surface area contributed by atoms with Gasteiger partial charge in [0.25, 0.3) is 5.91 Å². The molecule has 4 nitrogen and oxygen atoms in total. The Morgan fingerprint density at radius 3 is 2.43 bits per heavy atom. The number of hydrogen-bond donors (Lipinski definition) is 2. The van der Waals surface area contributed by atoms with Crippen LogP contribution in [-0.4, -0.2) is 29.7 Å². The molecule has 1 fully saturated rings. The zero-order valence-electron chi connectivity index (χ0n) is 16.3. The third-order valence-corrected chi connectivity index (χ3v) is 6.43. The average molecular weight is 442 g/mol. The minimum atomic E-state index is -0.365. The van der Waals surface area contributed by atoms with Crippen LogP contribution in [0.5, 0.6) is 0 Å². The van der Waals surface area contributed by atoms with Gasteiger partial charge in [0.15, 0.2) is 0 Å². The largest absolute Gasteiger partial charge is 0.357 e. The van der Waals surface area contributed by atoms with Gasteiger partial charge in [0.05, 0.1) is 9.21 Å². The van der Waals surface area contributed by atoms with Crippen LogP contribution in [0.3, 0.4) is 0 Å². The maximum Gasteiger partial charge on any atom is 0.261 e. The van der Waals surface area contributed by atoms with E-state index in [1.165, 1.54) is 17.4 Å². The molecule has 0 spiro atoms. The third-order valence-electron chi connectivity index (χ3n) is 5.20. The number of benzene rings is 2. The number of halogens is 2. The fraction of sp³-hybridized carbons (Fsp3) is 0.217. The molecule has 1 saturated heterocycles. The van der Waals surface area contributed by atoms with E-state index < -0.39 is 0 Å². The number of amidine groups is 1. The Balaban J connectivity index is 1.47. The molecule has 4 rings (SSSR count). The van der Waals surface area contributed by atoms with Crippen molar-refractivity contribution < 1.29 is 9.18 Å². The van der Waals surface area contributed by atoms with Gasteiger partial charge in [-0.25, -0.2) is 4.39 Å². The summed E-state index contributed by atoms with van der Waals surface area (Å²) in [5, 5.41) is 11.1. The van der Waals surface area contributed by atoms with E-state index in [9.17, 15) is 9.18 Å². The summed E-state index contributed by atoms with van der Waals surface area (Å²) in [4.78, 5) is 14.8. The van der Waals surface area contributed by atoms with Crippen LogP contribution < -0.4 is 5.32 Å². The quantitative estimate of drug-likeness (QED) is 0.402. The number of thiophene rings is 1. The first kappa shape index (κ1) is 20.6. The summed E-state index contributed by atoms with van der Waals surface area (Å²) in [5.74, 6) is -0.0904. The molecule has 2 aromatic carbocycles. The van der Waals surface area contributed by atoms with Crippen molar-refractivity contribution in [2.75, 3.05) is 13.1 Å². The molecule has 7 heteroatoms. The number of nitrogens with one attached hydrogen (secondary N) is 2. The van der Waals surface area contributed by atoms with Gasteiger partial charge in [-0.3, -0.25) is 10.2 Å². The predicted octanol–water partition coefficient (Wildman–Crippen LogP) is 5.56. The van der Waals surface area contributed by atoms with Gasteiger partial charge in [-0.05, 0) is 48.2 Å². The molecule has 2 N–H and O–H groups in total. The average Bonchev–Trinajstić information content (AvgIpc) is 3.45. The van der Waals surface area contributed by atoms with Crippen LogP contribution >= 0.6 is 22.9 Å². The molecule has 1 aliphatic rings. The van der Waals surface area contributed by atoms with Gasteiger partial charge < -0.3 is 10.2 Å². The Morgan fingerprint density at radius 2 is 1.77 bits per heavy atom. The standard InChI is InChI=1S/C23H21ClFN3OS/c24-21-10-9-20(30-21)23(29)27-14-18-13-17(7-8-19(18)25)15-3-5-16(6-4-15)22(26)28-11-1-2-12-28/h3-10,13,26H,1-2,11-12,14H2,(H,27,29). The highest BCUT2D eigenvalue weighted by Crippen LogP contribution is 2.24. The summed E-state index contributed by atoms with van der Waals surface area (Å²) >= 11 is 7.05. The number of rotatable bonds is 5. The van der Waals surface area contributed by atoms with Crippen LogP contribution in [0.4, 0.5) is 4.39 Å². The summed E-state index contributed by atoms with van der Waals surface area (Å²) < 4.78 is 14.8. The Hall–Kier alpha value is -2.70. The minimum absolute atomic E-state index is 0.0890. The van der Waals surface area contributed by atoms with Crippen molar-refractivity contribution in [2.45, 2.75) is 19.4 Å². The maximum atomic E-state index is 14.3. The molecule has 3 aromatic rings. The van der Waals surface area contributed by atoms with E-state index in [1.54, 1.807) is 24.3 Å². The molecule has 0 saturated carbocycles. The maximum absolute atomic E-state index is 14.3. The first-order valence-corrected chi connectivity index (χ1v) is 11.0. The second-order valence-electron chi connectivity index (χ2n) is 7.21. The highest BCUT2D eigenvalue weighted by atomic mass is 35.5. The lowest BCUT2D eigenvalue weighted by molar-refractivity contribution is 0.0954. The van der Waals surface area contributed by atoms with Gasteiger partial charge in [-0.1, -0.05) is 41.9 Å². The monoisotopic (exact) mass is 441 g/mol. The van der Waals surface area contributed by atoms with E-state index in [4.69, 9.17) is 17.0 Å². The van der Waals surface area contributed by atoms with E-state index in [0.29, 0.717) is 20.6 Å². The second kappa shape index (κ2) is 8.98. The van der Waals surface area contributed by atoms with E-state index in [-0.39, 0.29) is 18.3 Å². The van der Waals surface area contributed by atoms with Gasteiger partial charge in [0, 0.05) is 30.8 Å². The molecule has 0 unspecified atom stereocenters. The molecule has 2 heterocycles. The summed E-state index contributed by atoms with van der Waals surface area (Å²) in [6.45, 7) is 1.96. The summed E-state index contributed by atoms with van der Waals surface area (Å²) in [6, 6.07) is 16.0. The van der Waals surface area contributed by atoms with Crippen molar-refractivity contribution in [3.63, 3.8) is 0 Å². The zero-order valence-corrected chi connectivity index (χ0v) is 17.8. The summed E-state index contributed by atoms with van der Waals surface area (Å²) in [7, 11) is 0. The molecular formula is C23H21ClFN3OS. The number of likely N-dealkylation sites (tertiary alicyclic amines) is 1. The van der Waals surface area contributed by atoms with Crippen LogP contribution in [0, 0.1) is 11.2 Å². The molecule has 0 bridgehead atoms. The van der Waals surface area contributed by atoms with Crippen LogP contribution in [0.25, 0.3) is 11.1 Å². The minimum Gasteiger partial charge on any atom is -0.357 e. The number of nitrogens with zero attached hydrogens (tertiary/aromatic N) is 1. The first-order chi connectivity index (χ1) is 14.5. The summed E-state index contributed by atoms with van der Waals surface area (Å²) in [5.41, 5.74) is 3.09. The van der Waals surface area contributed by atoms with Crippen LogP contribution in [-0.2, 0) is 6.54 Å². The van der Waals surface area contributed by atoms with E-state index in [2.05, 4.69) is 10.2 Å². The van der Waals surface area contributed by atoms with Crippen molar-refractivity contribution in [1.82, 2.24) is 10.2 Å². The van der Waals surface area contributed by atoms with Crippen molar-refractivity contribution in [1.29, 1.82) is 5.41 Å². The van der Waals surface area contributed by atoms with Crippen molar-refractivity contribution in [3.8, 4) is 11.1 Å². The van der Waals surface area contributed by atoms with Crippen LogP contribution in [0.15, 0.2) is 54.6 Å². The molecule has 0 radical (unpaired) electrons. The molecule has 1 amide bonds. The molecule has 1 aliphatic heterocycles. The van der Waals surface area contributed by atoms with Crippen molar-refractivity contribution >= 4 is 34.7 Å². The zero-order chi connectivity index (χ0) is 21.1. The molecule has 1 aromatic heterocycles. The van der Waals surface area contributed by atoms with Gasteiger partial charge >= 0.3 is 0 Å². The molecular weight excluding hydrogens is 421 g/mol.